The highest BCUT2D eigenvalue weighted by atomic mass is 16.6. The number of ether oxygens (including phenoxy) is 1. The van der Waals surface area contributed by atoms with Crippen molar-refractivity contribution in [3.63, 3.8) is 0 Å². The number of anilines is 1. The minimum atomic E-state index is -0.521. The number of amides is 2. The summed E-state index contributed by atoms with van der Waals surface area (Å²) < 4.78 is 4.98. The zero-order valence-corrected chi connectivity index (χ0v) is 11.3. The Bertz CT molecular complexity index is 468. The number of hydrogen-bond donors (Lipinski definition) is 3. The summed E-state index contributed by atoms with van der Waals surface area (Å²) in [6.07, 6.45) is 1.45. The van der Waals surface area contributed by atoms with Gasteiger partial charge in [0, 0.05) is 33.0 Å². The fraction of sp³-hybridized carbons (Fsp3) is 0.455. The van der Waals surface area contributed by atoms with Crippen molar-refractivity contribution in [1.29, 1.82) is 0 Å². The summed E-state index contributed by atoms with van der Waals surface area (Å²) in [4.78, 5) is 25.5. The molecule has 0 saturated carbocycles. The first-order chi connectivity index (χ1) is 9.58. The van der Waals surface area contributed by atoms with Gasteiger partial charge in [-0.05, 0) is 6.07 Å². The number of carbonyl (C=O) groups is 1. The number of aromatic nitrogens is 1. The highest BCUT2D eigenvalue weighted by molar-refractivity contribution is 5.73. The van der Waals surface area contributed by atoms with Gasteiger partial charge in [0.2, 0.25) is 5.82 Å². The average Bonchev–Trinajstić information content (AvgIpc) is 2.45. The zero-order valence-electron chi connectivity index (χ0n) is 11.3. The normalized spacial score (nSPS) is 11.5. The number of pyridine rings is 1. The molecule has 20 heavy (non-hydrogen) atoms. The third-order valence-corrected chi connectivity index (χ3v) is 2.43. The van der Waals surface area contributed by atoms with Crippen LogP contribution >= 0.6 is 0 Å². The molecule has 9 nitrogen and oxygen atoms in total. The van der Waals surface area contributed by atoms with Crippen molar-refractivity contribution >= 4 is 17.5 Å². The van der Waals surface area contributed by atoms with E-state index < -0.39 is 4.92 Å². The monoisotopic (exact) mass is 283 g/mol. The summed E-state index contributed by atoms with van der Waals surface area (Å²) in [5, 5.41) is 18.7. The molecule has 0 fully saturated rings. The summed E-state index contributed by atoms with van der Waals surface area (Å²) in [5.74, 6) is 0.150. The van der Waals surface area contributed by atoms with Gasteiger partial charge in [0.25, 0.3) is 0 Å². The van der Waals surface area contributed by atoms with Crippen LogP contribution in [0.15, 0.2) is 18.3 Å². The van der Waals surface area contributed by atoms with Crippen LogP contribution in [0.4, 0.5) is 16.3 Å². The molecule has 3 N–H and O–H groups in total. The summed E-state index contributed by atoms with van der Waals surface area (Å²) in [6, 6.07) is 2.14. The molecule has 0 saturated heterocycles. The lowest BCUT2D eigenvalue weighted by molar-refractivity contribution is -0.384. The fourth-order valence-corrected chi connectivity index (χ4v) is 1.51. The lowest BCUT2D eigenvalue weighted by Gasteiger charge is -2.18. The summed E-state index contributed by atoms with van der Waals surface area (Å²) in [5.41, 5.74) is -0.122. The number of rotatable bonds is 7. The minimum Gasteiger partial charge on any atom is -0.382 e. The van der Waals surface area contributed by atoms with E-state index in [2.05, 4.69) is 20.9 Å². The molecule has 0 aromatic carbocycles. The standard InChI is InChI=1S/C11H17N5O4/c1-12-11(17)15-8(7-20-2)6-14-10-9(16(18)19)4-3-5-13-10/h3-5,8H,6-7H2,1-2H3,(H,13,14)(H2,12,15,17). The molecule has 1 heterocycles. The first kappa shape index (κ1) is 15.6. The Morgan fingerprint density at radius 1 is 1.60 bits per heavy atom. The van der Waals surface area contributed by atoms with Crippen molar-refractivity contribution < 1.29 is 14.5 Å². The van der Waals surface area contributed by atoms with Gasteiger partial charge in [-0.15, -0.1) is 0 Å². The first-order valence-electron chi connectivity index (χ1n) is 5.89. The number of nitrogens with zero attached hydrogens (tertiary/aromatic N) is 2. The summed E-state index contributed by atoms with van der Waals surface area (Å²) in [7, 11) is 3.00. The molecule has 110 valence electrons. The molecule has 0 radical (unpaired) electrons. The lowest BCUT2D eigenvalue weighted by Crippen LogP contribution is -2.46. The van der Waals surface area contributed by atoms with E-state index in [4.69, 9.17) is 4.74 Å². The average molecular weight is 283 g/mol. The number of hydrogen-bond acceptors (Lipinski definition) is 6. The van der Waals surface area contributed by atoms with Gasteiger partial charge in [0.05, 0.1) is 17.6 Å². The SMILES string of the molecule is CNC(=O)NC(CNc1ncccc1[N+](=O)[O-])COC. The Morgan fingerprint density at radius 3 is 2.95 bits per heavy atom. The predicted octanol–water partition coefficient (Wildman–Crippen LogP) is 0.346. The molecule has 1 aromatic heterocycles. The number of nitro groups is 1. The highest BCUT2D eigenvalue weighted by Crippen LogP contribution is 2.19. The van der Waals surface area contributed by atoms with Crippen molar-refractivity contribution in [2.75, 3.05) is 32.6 Å². The molecular formula is C11H17N5O4. The van der Waals surface area contributed by atoms with Crippen molar-refractivity contribution in [1.82, 2.24) is 15.6 Å². The van der Waals surface area contributed by atoms with E-state index in [1.54, 1.807) is 0 Å². The molecule has 0 bridgehead atoms. The van der Waals surface area contributed by atoms with Gasteiger partial charge >= 0.3 is 11.7 Å². The Morgan fingerprint density at radius 2 is 2.35 bits per heavy atom. The molecule has 0 aliphatic rings. The van der Waals surface area contributed by atoms with E-state index >= 15 is 0 Å². The fourth-order valence-electron chi connectivity index (χ4n) is 1.51. The maximum atomic E-state index is 11.3. The van der Waals surface area contributed by atoms with Gasteiger partial charge in [-0.2, -0.15) is 0 Å². The molecule has 1 aromatic rings. The third kappa shape index (κ3) is 4.69. The Labute approximate surface area is 115 Å². The van der Waals surface area contributed by atoms with Crippen LogP contribution in [-0.2, 0) is 4.74 Å². The molecule has 1 atom stereocenters. The van der Waals surface area contributed by atoms with Crippen LogP contribution in [0.1, 0.15) is 0 Å². The number of carbonyl (C=O) groups excluding carboxylic acids is 1. The third-order valence-electron chi connectivity index (χ3n) is 2.43. The van der Waals surface area contributed by atoms with E-state index in [-0.39, 0.29) is 36.7 Å². The molecule has 1 unspecified atom stereocenters. The van der Waals surface area contributed by atoms with Crippen LogP contribution in [-0.4, -0.2) is 49.3 Å². The van der Waals surface area contributed by atoms with Crippen molar-refractivity contribution in [2.24, 2.45) is 0 Å². The summed E-state index contributed by atoms with van der Waals surface area (Å²) >= 11 is 0. The van der Waals surface area contributed by atoms with Gasteiger partial charge in [-0.25, -0.2) is 9.78 Å². The van der Waals surface area contributed by atoms with Crippen molar-refractivity contribution in [3.05, 3.63) is 28.4 Å². The highest BCUT2D eigenvalue weighted by Gasteiger charge is 2.16. The second-order valence-electron chi connectivity index (χ2n) is 3.88. The van der Waals surface area contributed by atoms with Crippen LogP contribution in [0.25, 0.3) is 0 Å². The van der Waals surface area contributed by atoms with Gasteiger partial charge in [0.1, 0.15) is 0 Å². The molecule has 1 rings (SSSR count). The molecule has 2 amide bonds. The van der Waals surface area contributed by atoms with E-state index in [1.807, 2.05) is 0 Å². The van der Waals surface area contributed by atoms with E-state index in [0.717, 1.165) is 0 Å². The van der Waals surface area contributed by atoms with Crippen LogP contribution in [0.2, 0.25) is 0 Å². The van der Waals surface area contributed by atoms with Crippen LogP contribution in [0.3, 0.4) is 0 Å². The number of urea groups is 1. The first-order valence-corrected chi connectivity index (χ1v) is 5.89. The second kappa shape index (κ2) is 7.89. The Hall–Kier alpha value is -2.42. The number of nitrogens with one attached hydrogen (secondary N) is 3. The lowest BCUT2D eigenvalue weighted by atomic mass is 10.3. The van der Waals surface area contributed by atoms with Gasteiger partial charge in [0.15, 0.2) is 0 Å². The number of methoxy groups -OCH3 is 1. The molecule has 0 spiro atoms. The Kier molecular flexibility index (Phi) is 6.17. The smallest absolute Gasteiger partial charge is 0.314 e. The topological polar surface area (TPSA) is 118 Å². The van der Waals surface area contributed by atoms with E-state index in [0.29, 0.717) is 0 Å². The quantitative estimate of drug-likeness (QED) is 0.490. The molecule has 0 aliphatic heterocycles. The largest absolute Gasteiger partial charge is 0.382 e. The van der Waals surface area contributed by atoms with Gasteiger partial charge in [-0.1, -0.05) is 0 Å². The molecule has 9 heteroatoms. The van der Waals surface area contributed by atoms with Crippen LogP contribution < -0.4 is 16.0 Å². The zero-order chi connectivity index (χ0) is 15.0. The van der Waals surface area contributed by atoms with Crippen molar-refractivity contribution in [2.45, 2.75) is 6.04 Å². The van der Waals surface area contributed by atoms with E-state index in [9.17, 15) is 14.9 Å². The maximum Gasteiger partial charge on any atom is 0.314 e. The van der Waals surface area contributed by atoms with Gasteiger partial charge in [-0.3, -0.25) is 10.1 Å². The minimum absolute atomic E-state index is 0.122. The van der Waals surface area contributed by atoms with Crippen molar-refractivity contribution in [3.8, 4) is 0 Å². The molecular weight excluding hydrogens is 266 g/mol. The van der Waals surface area contributed by atoms with E-state index in [1.165, 1.54) is 32.5 Å². The van der Waals surface area contributed by atoms with Crippen LogP contribution in [0, 0.1) is 10.1 Å². The second-order valence-corrected chi connectivity index (χ2v) is 3.88. The molecule has 0 aliphatic carbocycles. The summed E-state index contributed by atoms with van der Waals surface area (Å²) in [6.45, 7) is 0.514. The van der Waals surface area contributed by atoms with Crippen LogP contribution in [0.5, 0.6) is 0 Å². The predicted molar refractivity (Wildman–Crippen MR) is 72.6 cm³/mol. The maximum absolute atomic E-state index is 11.3. The van der Waals surface area contributed by atoms with Gasteiger partial charge < -0.3 is 20.7 Å². The Balaban J connectivity index is 2.67.